The summed E-state index contributed by atoms with van der Waals surface area (Å²) in [5.41, 5.74) is 0.910. The van der Waals surface area contributed by atoms with Gasteiger partial charge in [-0.25, -0.2) is 9.59 Å². The number of ether oxygens (including phenoxy) is 2. The number of likely N-dealkylation sites (N-methyl/N-ethyl adjacent to an activating group) is 2. The van der Waals surface area contributed by atoms with Gasteiger partial charge in [0.2, 0.25) is 0 Å². The minimum atomic E-state index is -0.302. The topological polar surface area (TPSA) is 52.6 Å². The molecule has 0 fully saturated rings. The molecular weight excluding hydrogens is 379 g/mol. The first-order valence-electron chi connectivity index (χ1n) is 7.92. The van der Waals surface area contributed by atoms with E-state index in [1.165, 1.54) is 0 Å². The van der Waals surface area contributed by atoms with Crippen LogP contribution in [0.2, 0.25) is 0 Å². The molecule has 0 aromatic carbocycles. The highest BCUT2D eigenvalue weighted by Gasteiger charge is 2.10. The predicted molar refractivity (Wildman–Crippen MR) is 97.3 cm³/mol. The lowest BCUT2D eigenvalue weighted by Gasteiger charge is -2.23. The molecule has 156 valence electrons. The van der Waals surface area contributed by atoms with Gasteiger partial charge >= 0.3 is 11.9 Å². The average Bonchev–Trinajstić information content (AvgIpc) is 2.35. The maximum atomic E-state index is 10.9. The molecule has 0 rings (SSSR count). The maximum absolute atomic E-state index is 10.9. The summed E-state index contributed by atoms with van der Waals surface area (Å²) in [5, 5.41) is 0. The molecule has 0 spiro atoms. The summed E-state index contributed by atoms with van der Waals surface area (Å²) in [7, 11) is 12.3. The Labute approximate surface area is 171 Å². The fourth-order valence-corrected chi connectivity index (χ4v) is 1.07. The van der Waals surface area contributed by atoms with Crippen molar-refractivity contribution >= 4 is 11.9 Å². The smallest absolute Gasteiger partial charge is 0.333 e. The van der Waals surface area contributed by atoms with Crippen LogP contribution in [0.4, 0.5) is 0 Å². The highest BCUT2D eigenvalue weighted by Crippen LogP contribution is 1.95. The summed E-state index contributed by atoms with van der Waals surface area (Å²) in [4.78, 5) is 21.8. The first-order chi connectivity index (χ1) is 10.7. The van der Waals surface area contributed by atoms with Crippen LogP contribution in [0.3, 0.4) is 0 Å². The highest BCUT2D eigenvalue weighted by molar-refractivity contribution is 5.87. The van der Waals surface area contributed by atoms with Crippen LogP contribution >= 0.6 is 0 Å². The Kier molecular flexibility index (Phi) is 18.8. The summed E-state index contributed by atoms with van der Waals surface area (Å²) >= 11 is 0. The van der Waals surface area contributed by atoms with Crippen LogP contribution in [0.25, 0.3) is 0 Å². The third-order valence-corrected chi connectivity index (χ3v) is 2.69. The summed E-state index contributed by atoms with van der Waals surface area (Å²) < 4.78 is 11.4. The van der Waals surface area contributed by atoms with Crippen LogP contribution in [0.5, 0.6) is 0 Å². The third kappa shape index (κ3) is 25.2. The zero-order valence-electron chi connectivity index (χ0n) is 17.5. The molecular formula is C18H36Cl2N2O4. The van der Waals surface area contributed by atoms with Crippen LogP contribution in [0, 0.1) is 0 Å². The van der Waals surface area contributed by atoms with E-state index >= 15 is 0 Å². The Morgan fingerprint density at radius 3 is 1.08 bits per heavy atom. The molecule has 6 nitrogen and oxygen atoms in total. The Morgan fingerprint density at radius 1 is 0.692 bits per heavy atom. The van der Waals surface area contributed by atoms with Gasteiger partial charge in [-0.05, 0) is 13.8 Å². The second-order valence-corrected chi connectivity index (χ2v) is 7.86. The van der Waals surface area contributed by atoms with Gasteiger partial charge < -0.3 is 43.3 Å². The first kappa shape index (κ1) is 32.6. The molecule has 0 aliphatic carbocycles. The maximum Gasteiger partial charge on any atom is 0.333 e. The van der Waals surface area contributed by atoms with Crippen LogP contribution in [-0.4, -0.2) is 89.5 Å². The molecule has 0 atom stereocenters. The normalized spacial score (nSPS) is 10.2. The molecule has 0 unspecified atom stereocenters. The molecule has 0 aromatic rings. The van der Waals surface area contributed by atoms with Gasteiger partial charge in [0, 0.05) is 11.1 Å². The largest absolute Gasteiger partial charge is 1.00 e. The van der Waals surface area contributed by atoms with Crippen molar-refractivity contribution in [3.8, 4) is 0 Å². The molecule has 0 bridgehead atoms. The van der Waals surface area contributed by atoms with Gasteiger partial charge in [-0.2, -0.15) is 0 Å². The number of nitrogens with zero attached hydrogens (tertiary/aromatic N) is 2. The number of halogens is 2. The van der Waals surface area contributed by atoms with E-state index in [0.717, 1.165) is 22.1 Å². The molecule has 0 aliphatic heterocycles. The molecule has 8 heteroatoms. The Balaban J connectivity index is -0.000000173. The second-order valence-electron chi connectivity index (χ2n) is 7.86. The van der Waals surface area contributed by atoms with E-state index in [9.17, 15) is 9.59 Å². The Morgan fingerprint density at radius 2 is 0.923 bits per heavy atom. The molecule has 0 aliphatic rings. The quantitative estimate of drug-likeness (QED) is 0.229. The molecule has 0 radical (unpaired) electrons. The van der Waals surface area contributed by atoms with Crippen molar-refractivity contribution in [2.45, 2.75) is 13.8 Å². The predicted octanol–water partition coefficient (Wildman–Crippen LogP) is -4.37. The number of quaternary nitrogens is 2. The Bertz CT molecular complexity index is 411. The Hall–Kier alpha value is -1.08. The number of rotatable bonds is 8. The van der Waals surface area contributed by atoms with E-state index < -0.39 is 0 Å². The van der Waals surface area contributed by atoms with Gasteiger partial charge in [0.1, 0.15) is 26.3 Å². The number of carbonyl (C=O) groups excluding carboxylic acids is 2. The summed E-state index contributed by atoms with van der Waals surface area (Å²) in [5.74, 6) is -0.605. The van der Waals surface area contributed by atoms with Crippen LogP contribution in [0.1, 0.15) is 13.8 Å². The lowest BCUT2D eigenvalue weighted by atomic mass is 10.4. The zero-order chi connectivity index (χ0) is 19.6. The van der Waals surface area contributed by atoms with Gasteiger partial charge in [-0.15, -0.1) is 0 Å². The fraction of sp³-hybridized carbons (Fsp3) is 0.667. The zero-order valence-corrected chi connectivity index (χ0v) is 19.0. The first-order valence-corrected chi connectivity index (χ1v) is 7.92. The minimum absolute atomic E-state index is 0. The number of hydrogen-bond acceptors (Lipinski definition) is 4. The van der Waals surface area contributed by atoms with Crippen molar-refractivity contribution in [1.29, 1.82) is 0 Å². The van der Waals surface area contributed by atoms with Gasteiger partial charge in [-0.3, -0.25) is 0 Å². The van der Waals surface area contributed by atoms with Crippen molar-refractivity contribution < 1.29 is 52.8 Å². The number of carbonyl (C=O) groups is 2. The summed E-state index contributed by atoms with van der Waals surface area (Å²) in [6, 6.07) is 0. The van der Waals surface area contributed by atoms with Crippen molar-refractivity contribution in [3.63, 3.8) is 0 Å². The average molecular weight is 415 g/mol. The third-order valence-electron chi connectivity index (χ3n) is 2.69. The molecule has 0 heterocycles. The van der Waals surface area contributed by atoms with E-state index in [2.05, 4.69) is 55.4 Å². The van der Waals surface area contributed by atoms with E-state index in [1.807, 2.05) is 0 Å². The van der Waals surface area contributed by atoms with Crippen molar-refractivity contribution in [2.75, 3.05) is 68.6 Å². The van der Waals surface area contributed by atoms with Gasteiger partial charge in [0.05, 0.1) is 42.3 Å². The minimum Gasteiger partial charge on any atom is -1.00 e. The van der Waals surface area contributed by atoms with Crippen LogP contribution < -0.4 is 24.8 Å². The molecule has 0 amide bonds. The SMILES string of the molecule is C=C(C)C(=O)OCC[N+](C)(C)C.C=C(C)C(=O)OCC[N+](C)(C)C.[Cl-].[Cl-]. The van der Waals surface area contributed by atoms with Gasteiger partial charge in [0.15, 0.2) is 0 Å². The standard InChI is InChI=1S/2C9H18NO2.2ClH/c2*1-8(2)9(11)12-7-6-10(3,4)5;;/h2*1,6-7H2,2-5H3;2*1H/q2*+1;;/p-2. The highest BCUT2D eigenvalue weighted by atomic mass is 35.5. The number of esters is 2. The second kappa shape index (κ2) is 15.0. The molecule has 0 aromatic heterocycles. The molecule has 0 N–H and O–H groups in total. The van der Waals surface area contributed by atoms with E-state index in [4.69, 9.17) is 9.47 Å². The van der Waals surface area contributed by atoms with E-state index in [-0.39, 0.29) is 36.8 Å². The lowest BCUT2D eigenvalue weighted by molar-refractivity contribution is -0.870. The van der Waals surface area contributed by atoms with Crippen LogP contribution in [-0.2, 0) is 19.1 Å². The lowest BCUT2D eigenvalue weighted by Crippen LogP contribution is -3.00. The molecule has 0 saturated heterocycles. The van der Waals surface area contributed by atoms with Gasteiger partial charge in [0.25, 0.3) is 0 Å². The monoisotopic (exact) mass is 414 g/mol. The fourth-order valence-electron chi connectivity index (χ4n) is 1.07. The summed E-state index contributed by atoms with van der Waals surface area (Å²) in [6.45, 7) is 12.8. The van der Waals surface area contributed by atoms with Crippen molar-refractivity contribution in [1.82, 2.24) is 0 Å². The van der Waals surface area contributed by atoms with Gasteiger partial charge in [-0.1, -0.05) is 13.2 Å². The van der Waals surface area contributed by atoms with E-state index in [1.54, 1.807) is 13.8 Å². The van der Waals surface area contributed by atoms with Crippen molar-refractivity contribution in [3.05, 3.63) is 24.3 Å². The van der Waals surface area contributed by atoms with Crippen molar-refractivity contribution in [2.24, 2.45) is 0 Å². The number of hydrogen-bond donors (Lipinski definition) is 0. The summed E-state index contributed by atoms with van der Waals surface area (Å²) in [6.07, 6.45) is 0. The van der Waals surface area contributed by atoms with Crippen LogP contribution in [0.15, 0.2) is 24.3 Å². The molecule has 0 saturated carbocycles. The van der Waals surface area contributed by atoms with E-state index in [0.29, 0.717) is 24.4 Å². The molecule has 26 heavy (non-hydrogen) atoms.